The highest BCUT2D eigenvalue weighted by molar-refractivity contribution is 6.04. The highest BCUT2D eigenvalue weighted by Crippen LogP contribution is 2.14. The number of aliphatic carboxylic acids is 1. The molecular weight excluding hydrogens is 238 g/mol. The predicted molar refractivity (Wildman–Crippen MR) is 64.9 cm³/mol. The number of ketones is 1. The number of ether oxygens (including phenoxy) is 1. The maximum atomic E-state index is 11.5. The molecule has 1 unspecified atom stereocenters. The molecule has 0 aromatic rings. The molecule has 0 bridgehead atoms. The summed E-state index contributed by atoms with van der Waals surface area (Å²) >= 11 is 0. The first-order valence-corrected chi connectivity index (χ1v) is 5.70. The monoisotopic (exact) mass is 257 g/mol. The van der Waals surface area contributed by atoms with Gasteiger partial charge in [-0.2, -0.15) is 0 Å². The van der Waals surface area contributed by atoms with Gasteiger partial charge < -0.3 is 15.6 Å². The van der Waals surface area contributed by atoms with Crippen molar-refractivity contribution < 1.29 is 24.2 Å². The molecule has 102 valence electrons. The van der Waals surface area contributed by atoms with E-state index < -0.39 is 17.5 Å². The second-order valence-electron chi connectivity index (χ2n) is 3.86. The topological polar surface area (TPSA) is 107 Å². The fraction of sp³-hybridized carbons (Fsp3) is 0.583. The van der Waals surface area contributed by atoms with Gasteiger partial charge in [0.25, 0.3) is 0 Å². The number of carbonyl (C=O) groups is 3. The van der Waals surface area contributed by atoms with Gasteiger partial charge in [0.15, 0.2) is 0 Å². The van der Waals surface area contributed by atoms with Crippen molar-refractivity contribution in [2.24, 2.45) is 5.73 Å². The summed E-state index contributed by atoms with van der Waals surface area (Å²) in [4.78, 5) is 33.9. The molecular formula is C12H19NO5. The van der Waals surface area contributed by atoms with E-state index in [0.29, 0.717) is 6.42 Å². The van der Waals surface area contributed by atoms with Gasteiger partial charge in [0, 0.05) is 12.8 Å². The molecule has 0 fully saturated rings. The molecule has 0 aliphatic carbocycles. The van der Waals surface area contributed by atoms with E-state index in [4.69, 9.17) is 10.8 Å². The molecule has 3 N–H and O–H groups in total. The molecule has 0 amide bonds. The SMILES string of the molecule is C=CCCC(=O)CCC(N)(C(=O)O)C(=O)OCC. The van der Waals surface area contributed by atoms with Gasteiger partial charge in [0.05, 0.1) is 6.61 Å². The summed E-state index contributed by atoms with van der Waals surface area (Å²) in [6.07, 6.45) is 2.04. The molecule has 0 radical (unpaired) electrons. The second-order valence-corrected chi connectivity index (χ2v) is 3.86. The number of rotatable bonds is 9. The van der Waals surface area contributed by atoms with Gasteiger partial charge in [-0.25, -0.2) is 9.59 Å². The molecule has 6 nitrogen and oxygen atoms in total. The third kappa shape index (κ3) is 4.67. The number of nitrogens with two attached hydrogens (primary N) is 1. The first kappa shape index (κ1) is 16.3. The predicted octanol–water partition coefficient (Wildman–Crippen LogP) is 0.647. The zero-order chi connectivity index (χ0) is 14.2. The van der Waals surface area contributed by atoms with E-state index >= 15 is 0 Å². The Kier molecular flexibility index (Phi) is 6.89. The maximum absolute atomic E-state index is 11.5. The van der Waals surface area contributed by atoms with Crippen LogP contribution in [0.3, 0.4) is 0 Å². The Balaban J connectivity index is 4.53. The Morgan fingerprint density at radius 2 is 2.00 bits per heavy atom. The summed E-state index contributed by atoms with van der Waals surface area (Å²) in [6, 6.07) is 0. The van der Waals surface area contributed by atoms with Gasteiger partial charge in [-0.15, -0.1) is 6.58 Å². The molecule has 0 aromatic carbocycles. The Morgan fingerprint density at radius 3 is 2.44 bits per heavy atom. The molecule has 0 heterocycles. The number of carboxylic acids is 1. The molecule has 6 heteroatoms. The summed E-state index contributed by atoms with van der Waals surface area (Å²) in [5, 5.41) is 8.97. The van der Waals surface area contributed by atoms with E-state index in [2.05, 4.69) is 11.3 Å². The van der Waals surface area contributed by atoms with Crippen molar-refractivity contribution in [3.63, 3.8) is 0 Å². The second kappa shape index (κ2) is 7.60. The highest BCUT2D eigenvalue weighted by atomic mass is 16.5. The molecule has 0 rings (SSSR count). The van der Waals surface area contributed by atoms with Crippen LogP contribution in [0.2, 0.25) is 0 Å². The van der Waals surface area contributed by atoms with Crippen LogP contribution < -0.4 is 5.73 Å². The zero-order valence-corrected chi connectivity index (χ0v) is 10.5. The number of carboxylic acid groups (broad SMARTS) is 1. The zero-order valence-electron chi connectivity index (χ0n) is 10.5. The minimum Gasteiger partial charge on any atom is -0.479 e. The lowest BCUT2D eigenvalue weighted by Gasteiger charge is -2.21. The standard InChI is InChI=1S/C12H19NO5/c1-3-5-6-9(14)7-8-12(13,10(15)16)11(17)18-4-2/h3H,1,4-8,13H2,2H3,(H,15,16). The minimum atomic E-state index is -2.15. The van der Waals surface area contributed by atoms with Crippen molar-refractivity contribution in [2.75, 3.05) is 6.61 Å². The number of allylic oxidation sites excluding steroid dienone is 1. The number of Topliss-reactive ketones (excluding diaryl/α,β-unsaturated/α-hetero) is 1. The molecule has 0 saturated carbocycles. The lowest BCUT2D eigenvalue weighted by molar-refractivity contribution is -0.161. The van der Waals surface area contributed by atoms with Crippen molar-refractivity contribution in [3.05, 3.63) is 12.7 Å². The number of hydrogen-bond donors (Lipinski definition) is 2. The van der Waals surface area contributed by atoms with Crippen LogP contribution in [0, 0.1) is 0 Å². The van der Waals surface area contributed by atoms with Crippen LogP contribution in [0.25, 0.3) is 0 Å². The largest absolute Gasteiger partial charge is 0.479 e. The van der Waals surface area contributed by atoms with Crippen LogP contribution in [-0.4, -0.2) is 35.0 Å². The van der Waals surface area contributed by atoms with Crippen LogP contribution >= 0.6 is 0 Å². The smallest absolute Gasteiger partial charge is 0.337 e. The van der Waals surface area contributed by atoms with Gasteiger partial charge >= 0.3 is 11.9 Å². The molecule has 18 heavy (non-hydrogen) atoms. The Morgan fingerprint density at radius 1 is 1.39 bits per heavy atom. The third-order valence-corrected chi connectivity index (χ3v) is 2.45. The molecule has 0 spiro atoms. The van der Waals surface area contributed by atoms with Gasteiger partial charge in [-0.1, -0.05) is 6.08 Å². The van der Waals surface area contributed by atoms with Crippen molar-refractivity contribution >= 4 is 17.7 Å². The highest BCUT2D eigenvalue weighted by Gasteiger charge is 2.43. The Hall–Kier alpha value is -1.69. The summed E-state index contributed by atoms with van der Waals surface area (Å²) in [6.45, 7) is 5.07. The molecule has 0 aromatic heterocycles. The van der Waals surface area contributed by atoms with Crippen molar-refractivity contribution in [3.8, 4) is 0 Å². The van der Waals surface area contributed by atoms with Gasteiger partial charge in [-0.05, 0) is 19.8 Å². The molecule has 1 atom stereocenters. The summed E-state index contributed by atoms with van der Waals surface area (Å²) in [5.41, 5.74) is 3.35. The van der Waals surface area contributed by atoms with Crippen molar-refractivity contribution in [1.29, 1.82) is 0 Å². The molecule has 0 aliphatic rings. The number of hydrogen-bond acceptors (Lipinski definition) is 5. The van der Waals surface area contributed by atoms with Crippen molar-refractivity contribution in [2.45, 2.75) is 38.1 Å². The normalized spacial score (nSPS) is 13.4. The minimum absolute atomic E-state index is 0.0372. The first-order chi connectivity index (χ1) is 8.38. The van der Waals surface area contributed by atoms with E-state index in [-0.39, 0.29) is 31.7 Å². The van der Waals surface area contributed by atoms with E-state index in [9.17, 15) is 14.4 Å². The van der Waals surface area contributed by atoms with E-state index in [1.165, 1.54) is 0 Å². The van der Waals surface area contributed by atoms with E-state index in [1.54, 1.807) is 13.0 Å². The van der Waals surface area contributed by atoms with Crippen molar-refractivity contribution in [1.82, 2.24) is 0 Å². The van der Waals surface area contributed by atoms with Gasteiger partial charge in [0.2, 0.25) is 5.54 Å². The van der Waals surface area contributed by atoms with Crippen LogP contribution in [0.4, 0.5) is 0 Å². The van der Waals surface area contributed by atoms with Crippen LogP contribution in [-0.2, 0) is 19.1 Å². The van der Waals surface area contributed by atoms with Crippen LogP contribution in [0.5, 0.6) is 0 Å². The molecule has 0 saturated heterocycles. The lowest BCUT2D eigenvalue weighted by Crippen LogP contribution is -2.56. The van der Waals surface area contributed by atoms with E-state index in [0.717, 1.165) is 0 Å². The van der Waals surface area contributed by atoms with E-state index in [1.807, 2.05) is 0 Å². The van der Waals surface area contributed by atoms with Gasteiger partial charge in [0.1, 0.15) is 5.78 Å². The summed E-state index contributed by atoms with van der Waals surface area (Å²) in [5.74, 6) is -2.67. The Bertz CT molecular complexity index is 339. The van der Waals surface area contributed by atoms with Crippen LogP contribution in [0.15, 0.2) is 12.7 Å². The summed E-state index contributed by atoms with van der Waals surface area (Å²) in [7, 11) is 0. The first-order valence-electron chi connectivity index (χ1n) is 5.70. The van der Waals surface area contributed by atoms with Gasteiger partial charge in [-0.3, -0.25) is 4.79 Å². The van der Waals surface area contributed by atoms with Crippen LogP contribution in [0.1, 0.15) is 32.6 Å². The quantitative estimate of drug-likeness (QED) is 0.357. The Labute approximate surface area is 106 Å². The maximum Gasteiger partial charge on any atom is 0.337 e. The fourth-order valence-electron chi connectivity index (χ4n) is 1.28. The summed E-state index contributed by atoms with van der Waals surface area (Å²) < 4.78 is 4.61. The third-order valence-electron chi connectivity index (χ3n) is 2.45. The lowest BCUT2D eigenvalue weighted by atomic mass is 9.92. The average molecular weight is 257 g/mol. The molecule has 0 aliphatic heterocycles. The average Bonchev–Trinajstić information content (AvgIpc) is 2.33. The fourth-order valence-corrected chi connectivity index (χ4v) is 1.28. The number of esters is 1. The number of carbonyl (C=O) groups excluding carboxylic acids is 2.